The number of hydrogen-bond donors (Lipinski definition) is 2. The van der Waals surface area contributed by atoms with Crippen molar-refractivity contribution >= 4 is 0 Å². The Labute approximate surface area is 103 Å². The Hall–Kier alpha value is -0.830. The highest BCUT2D eigenvalue weighted by Gasteiger charge is 2.58. The molecular weight excluding hydrogens is 210 g/mol. The van der Waals surface area contributed by atoms with E-state index >= 15 is 0 Å². The minimum Gasteiger partial charge on any atom is -0.307 e. The molecule has 2 aliphatic carbocycles. The van der Waals surface area contributed by atoms with Gasteiger partial charge in [0.15, 0.2) is 0 Å². The Morgan fingerprint density at radius 3 is 2.88 bits per heavy atom. The summed E-state index contributed by atoms with van der Waals surface area (Å²) in [5.74, 6) is 0.909. The van der Waals surface area contributed by atoms with Crippen molar-refractivity contribution in [3.05, 3.63) is 18.0 Å². The van der Waals surface area contributed by atoms with Crippen molar-refractivity contribution in [1.82, 2.24) is 15.5 Å². The molecule has 1 aromatic heterocycles. The smallest absolute Gasteiger partial charge is 0.0490 e. The number of hydrogen-bond acceptors (Lipinski definition) is 2. The van der Waals surface area contributed by atoms with E-state index in [0.717, 1.165) is 12.5 Å². The van der Waals surface area contributed by atoms with Gasteiger partial charge in [0.05, 0.1) is 0 Å². The lowest BCUT2D eigenvalue weighted by Crippen LogP contribution is -2.49. The third kappa shape index (κ3) is 1.63. The number of nitrogens with one attached hydrogen (secondary N) is 2. The molecule has 0 radical (unpaired) electrons. The zero-order valence-corrected chi connectivity index (χ0v) is 11.1. The van der Waals surface area contributed by atoms with Gasteiger partial charge < -0.3 is 5.32 Å². The molecule has 0 amide bonds. The Balaban J connectivity index is 1.74. The first-order valence-electron chi connectivity index (χ1n) is 6.74. The van der Waals surface area contributed by atoms with Crippen molar-refractivity contribution in [2.24, 2.45) is 16.7 Å². The van der Waals surface area contributed by atoms with Crippen LogP contribution < -0.4 is 5.32 Å². The zero-order valence-electron chi connectivity index (χ0n) is 11.1. The van der Waals surface area contributed by atoms with Crippen molar-refractivity contribution in [1.29, 1.82) is 0 Å². The fourth-order valence-corrected chi connectivity index (χ4v) is 4.41. The first kappa shape index (κ1) is 11.3. The Bertz CT molecular complexity index is 391. The number of fused-ring (bicyclic) bond motifs is 2. The molecule has 0 aliphatic heterocycles. The maximum absolute atomic E-state index is 4.00. The zero-order chi connectivity index (χ0) is 12.1. The highest BCUT2D eigenvalue weighted by Crippen LogP contribution is 2.62. The summed E-state index contributed by atoms with van der Waals surface area (Å²) in [4.78, 5) is 0. The first-order chi connectivity index (χ1) is 8.02. The van der Waals surface area contributed by atoms with Gasteiger partial charge in [0.1, 0.15) is 0 Å². The second-order valence-corrected chi connectivity index (χ2v) is 6.81. The molecule has 2 N–H and O–H groups in total. The van der Waals surface area contributed by atoms with Crippen molar-refractivity contribution in [2.75, 3.05) is 0 Å². The second-order valence-electron chi connectivity index (χ2n) is 6.81. The monoisotopic (exact) mass is 233 g/mol. The summed E-state index contributed by atoms with van der Waals surface area (Å²) in [7, 11) is 0. The van der Waals surface area contributed by atoms with Crippen LogP contribution in [0.15, 0.2) is 12.3 Å². The first-order valence-corrected chi connectivity index (χ1v) is 6.74. The molecule has 1 heterocycles. The maximum atomic E-state index is 4.00. The van der Waals surface area contributed by atoms with Crippen LogP contribution in [0.4, 0.5) is 0 Å². The molecule has 0 aromatic carbocycles. The van der Waals surface area contributed by atoms with Gasteiger partial charge in [-0.15, -0.1) is 0 Å². The van der Waals surface area contributed by atoms with Gasteiger partial charge in [-0.3, -0.25) is 5.10 Å². The highest BCUT2D eigenvalue weighted by atomic mass is 15.1. The van der Waals surface area contributed by atoms with Crippen LogP contribution in [0.3, 0.4) is 0 Å². The van der Waals surface area contributed by atoms with Crippen LogP contribution in [-0.4, -0.2) is 16.2 Å². The number of aromatic amines is 1. The molecule has 0 saturated heterocycles. The van der Waals surface area contributed by atoms with Gasteiger partial charge in [-0.1, -0.05) is 20.8 Å². The lowest BCUT2D eigenvalue weighted by atomic mass is 9.68. The number of rotatable bonds is 3. The van der Waals surface area contributed by atoms with Gasteiger partial charge in [0.2, 0.25) is 0 Å². The third-order valence-corrected chi connectivity index (χ3v) is 5.32. The van der Waals surface area contributed by atoms with E-state index in [2.05, 4.69) is 42.4 Å². The lowest BCUT2D eigenvalue weighted by Gasteiger charge is -2.43. The highest BCUT2D eigenvalue weighted by molar-refractivity contribution is 5.12. The van der Waals surface area contributed by atoms with E-state index in [9.17, 15) is 0 Å². The van der Waals surface area contributed by atoms with E-state index in [1.807, 2.05) is 6.20 Å². The molecular formula is C14H23N3. The largest absolute Gasteiger partial charge is 0.307 e. The fraction of sp³-hybridized carbons (Fsp3) is 0.786. The number of nitrogens with zero attached hydrogens (tertiary/aromatic N) is 1. The molecule has 2 bridgehead atoms. The van der Waals surface area contributed by atoms with Gasteiger partial charge >= 0.3 is 0 Å². The van der Waals surface area contributed by atoms with Gasteiger partial charge in [0.25, 0.3) is 0 Å². The van der Waals surface area contributed by atoms with Crippen LogP contribution in [0.1, 0.15) is 45.7 Å². The van der Waals surface area contributed by atoms with Gasteiger partial charge in [-0.05, 0) is 42.1 Å². The SMILES string of the molecule is CC1(C)C(NCc2ccn[nH]2)[C@]2(C)CC[C@H]1C2. The van der Waals surface area contributed by atoms with Gasteiger partial charge in [-0.25, -0.2) is 0 Å². The molecule has 2 saturated carbocycles. The number of aromatic nitrogens is 2. The van der Waals surface area contributed by atoms with Crippen LogP contribution in [0.5, 0.6) is 0 Å². The normalized spacial score (nSPS) is 38.8. The van der Waals surface area contributed by atoms with Crippen molar-refractivity contribution < 1.29 is 0 Å². The van der Waals surface area contributed by atoms with Gasteiger partial charge in [0, 0.05) is 24.5 Å². The Kier molecular flexibility index (Phi) is 2.37. The van der Waals surface area contributed by atoms with Crippen molar-refractivity contribution in [2.45, 2.75) is 52.6 Å². The van der Waals surface area contributed by atoms with E-state index in [1.54, 1.807) is 0 Å². The summed E-state index contributed by atoms with van der Waals surface area (Å²) in [5.41, 5.74) is 2.13. The summed E-state index contributed by atoms with van der Waals surface area (Å²) >= 11 is 0. The third-order valence-electron chi connectivity index (χ3n) is 5.32. The predicted molar refractivity (Wildman–Crippen MR) is 68.4 cm³/mol. The molecule has 3 nitrogen and oxygen atoms in total. The van der Waals surface area contributed by atoms with Crippen LogP contribution in [0, 0.1) is 16.7 Å². The summed E-state index contributed by atoms with van der Waals surface area (Å²) in [6, 6.07) is 2.69. The van der Waals surface area contributed by atoms with Crippen LogP contribution in [-0.2, 0) is 6.54 Å². The van der Waals surface area contributed by atoms with E-state index < -0.39 is 0 Å². The summed E-state index contributed by atoms with van der Waals surface area (Å²) < 4.78 is 0. The Morgan fingerprint density at radius 1 is 1.47 bits per heavy atom. The lowest BCUT2D eigenvalue weighted by molar-refractivity contribution is 0.107. The minimum atomic E-state index is 0.438. The summed E-state index contributed by atoms with van der Waals surface area (Å²) in [6.45, 7) is 8.25. The van der Waals surface area contributed by atoms with Gasteiger partial charge in [-0.2, -0.15) is 5.10 Å². The minimum absolute atomic E-state index is 0.438. The maximum Gasteiger partial charge on any atom is 0.0490 e. The van der Waals surface area contributed by atoms with Crippen LogP contribution in [0.2, 0.25) is 0 Å². The van der Waals surface area contributed by atoms with E-state index in [4.69, 9.17) is 0 Å². The predicted octanol–water partition coefficient (Wildman–Crippen LogP) is 2.71. The molecule has 3 rings (SSSR count). The Morgan fingerprint density at radius 2 is 2.29 bits per heavy atom. The van der Waals surface area contributed by atoms with Crippen molar-refractivity contribution in [3.63, 3.8) is 0 Å². The molecule has 0 spiro atoms. The topological polar surface area (TPSA) is 40.7 Å². The fourth-order valence-electron chi connectivity index (χ4n) is 4.41. The standard InChI is InChI=1S/C14H23N3/c1-13(2)10-4-6-14(3,8-10)12(13)15-9-11-5-7-16-17-11/h5,7,10,12,15H,4,6,8-9H2,1-3H3,(H,16,17)/t10-,12?,14+/m0/s1. The molecule has 94 valence electrons. The van der Waals surface area contributed by atoms with E-state index in [-0.39, 0.29) is 0 Å². The van der Waals surface area contributed by atoms with Crippen LogP contribution >= 0.6 is 0 Å². The average Bonchev–Trinajstić information content (AvgIpc) is 2.90. The molecule has 2 aliphatic rings. The molecule has 2 fully saturated rings. The molecule has 17 heavy (non-hydrogen) atoms. The molecule has 1 aromatic rings. The quantitative estimate of drug-likeness (QED) is 0.842. The average molecular weight is 233 g/mol. The second kappa shape index (κ2) is 3.58. The molecule has 3 heteroatoms. The molecule has 1 unspecified atom stereocenters. The van der Waals surface area contributed by atoms with E-state index in [1.165, 1.54) is 25.0 Å². The number of H-pyrrole nitrogens is 1. The van der Waals surface area contributed by atoms with Crippen molar-refractivity contribution in [3.8, 4) is 0 Å². The van der Waals surface area contributed by atoms with Crippen LogP contribution in [0.25, 0.3) is 0 Å². The summed E-state index contributed by atoms with van der Waals surface area (Å²) in [6.07, 6.45) is 6.04. The summed E-state index contributed by atoms with van der Waals surface area (Å²) in [5, 5.41) is 10.8. The molecule has 3 atom stereocenters. The van der Waals surface area contributed by atoms with E-state index in [0.29, 0.717) is 16.9 Å².